The van der Waals surface area contributed by atoms with Crippen LogP contribution >= 0.6 is 13.7 Å². The van der Waals surface area contributed by atoms with Gasteiger partial charge in [0.05, 0.1) is 0 Å². The average molecular weight is 673 g/mol. The van der Waals surface area contributed by atoms with E-state index in [0.29, 0.717) is 0 Å². The molecule has 1 aromatic heterocycles. The average Bonchev–Trinajstić information content (AvgIpc) is 3.56. The number of carbonyl (C=O) groups is 2. The van der Waals surface area contributed by atoms with E-state index in [4.69, 9.17) is 13.5 Å². The first-order valence-electron chi connectivity index (χ1n) is 19.2. The standard InChI is InChI=1S/C38H74O5P2/c1-9-17-27-44(28-18-10-2,29-19-11-3,30-20-12-4)42-37(39)35-25-26-36(41-35)38(40)43-45(31-21-13-5,32-22-14-6,33-23-15-7)34-24-16-8/h25-26H,9-24,27-34H2,1-8H3. The molecular weight excluding hydrogens is 598 g/mol. The van der Waals surface area contributed by atoms with Crippen LogP contribution in [-0.2, 0) is 9.05 Å². The molecule has 1 aromatic rings. The normalized spacial score (nSPS) is 14.0. The van der Waals surface area contributed by atoms with Crippen molar-refractivity contribution in [2.24, 2.45) is 0 Å². The zero-order valence-electron chi connectivity index (χ0n) is 31.1. The molecule has 0 aliphatic heterocycles. The van der Waals surface area contributed by atoms with Crippen LogP contribution in [0.1, 0.15) is 179 Å². The second-order valence-electron chi connectivity index (χ2n) is 14.3. The molecule has 0 fully saturated rings. The van der Waals surface area contributed by atoms with Crippen LogP contribution < -0.4 is 0 Å². The molecule has 0 aliphatic rings. The van der Waals surface area contributed by atoms with Crippen molar-refractivity contribution >= 4 is 25.6 Å². The topological polar surface area (TPSA) is 65.7 Å². The van der Waals surface area contributed by atoms with Gasteiger partial charge in [0.2, 0.25) is 0 Å². The number of hydrogen-bond acceptors (Lipinski definition) is 5. The Balaban J connectivity index is 3.54. The minimum absolute atomic E-state index is 0.154. The van der Waals surface area contributed by atoms with Gasteiger partial charge in [0, 0.05) is 0 Å². The Morgan fingerprint density at radius 3 is 0.822 bits per heavy atom. The number of rotatable bonds is 28. The van der Waals surface area contributed by atoms with Crippen LogP contribution in [0.3, 0.4) is 0 Å². The quantitative estimate of drug-likeness (QED) is 0.0829. The summed E-state index contributed by atoms with van der Waals surface area (Å²) < 4.78 is 19.9. The summed E-state index contributed by atoms with van der Waals surface area (Å²) in [5.74, 6) is -0.446. The van der Waals surface area contributed by atoms with E-state index in [-0.39, 0.29) is 23.5 Å². The summed E-state index contributed by atoms with van der Waals surface area (Å²) in [5, 5.41) is 0. The number of carbonyl (C=O) groups excluding carboxylic acids is 2. The van der Waals surface area contributed by atoms with E-state index in [1.165, 1.54) is 0 Å². The fourth-order valence-electron chi connectivity index (χ4n) is 7.29. The second-order valence-corrected chi connectivity index (χ2v) is 25.6. The van der Waals surface area contributed by atoms with E-state index in [0.717, 1.165) is 152 Å². The third kappa shape index (κ3) is 12.6. The SMILES string of the molecule is CCCCP(CCCC)(CCCC)(CCCC)OC(=O)c1ccc(C(=O)OP(CCCC)(CCCC)(CCCC)CCCC)o1. The summed E-state index contributed by atoms with van der Waals surface area (Å²) in [4.78, 5) is 28.1. The molecule has 0 N–H and O–H groups in total. The number of unbranched alkanes of at least 4 members (excludes halogenated alkanes) is 8. The molecule has 266 valence electrons. The molecule has 0 amide bonds. The summed E-state index contributed by atoms with van der Waals surface area (Å²) in [6.07, 6.45) is 25.4. The van der Waals surface area contributed by atoms with E-state index in [9.17, 15) is 9.59 Å². The van der Waals surface area contributed by atoms with Crippen LogP contribution in [0.5, 0.6) is 0 Å². The molecule has 0 atom stereocenters. The first-order chi connectivity index (χ1) is 21.6. The van der Waals surface area contributed by atoms with Crippen molar-refractivity contribution in [1.82, 2.24) is 0 Å². The minimum atomic E-state index is -2.83. The third-order valence-corrected chi connectivity index (χ3v) is 23.3. The van der Waals surface area contributed by atoms with Gasteiger partial charge in [-0.3, -0.25) is 0 Å². The molecule has 0 radical (unpaired) electrons. The van der Waals surface area contributed by atoms with E-state index in [2.05, 4.69) is 55.4 Å². The van der Waals surface area contributed by atoms with Gasteiger partial charge in [-0.25, -0.2) is 0 Å². The Kier molecular flexibility index (Phi) is 19.8. The molecule has 1 rings (SSSR count). The van der Waals surface area contributed by atoms with Gasteiger partial charge in [-0.05, 0) is 0 Å². The predicted molar refractivity (Wildman–Crippen MR) is 202 cm³/mol. The fourth-order valence-corrected chi connectivity index (χ4v) is 20.7. The number of furan rings is 1. The summed E-state index contributed by atoms with van der Waals surface area (Å²) in [5.41, 5.74) is 0. The Hall–Kier alpha value is -0.920. The molecule has 0 aliphatic carbocycles. The molecule has 0 aromatic carbocycles. The van der Waals surface area contributed by atoms with Crippen molar-refractivity contribution < 1.29 is 23.1 Å². The van der Waals surface area contributed by atoms with Gasteiger partial charge in [-0.15, -0.1) is 0 Å². The van der Waals surface area contributed by atoms with Gasteiger partial charge in [0.15, 0.2) is 0 Å². The zero-order valence-corrected chi connectivity index (χ0v) is 32.8. The van der Waals surface area contributed by atoms with Crippen LogP contribution in [0.4, 0.5) is 0 Å². The molecule has 0 unspecified atom stereocenters. The van der Waals surface area contributed by atoms with Crippen molar-refractivity contribution in [3.63, 3.8) is 0 Å². The van der Waals surface area contributed by atoms with Crippen molar-refractivity contribution in [1.29, 1.82) is 0 Å². The molecule has 0 bridgehead atoms. The van der Waals surface area contributed by atoms with E-state index >= 15 is 0 Å². The zero-order chi connectivity index (χ0) is 33.7. The molecule has 1 heterocycles. The van der Waals surface area contributed by atoms with Gasteiger partial charge in [0.25, 0.3) is 0 Å². The molecule has 7 heteroatoms. The Morgan fingerprint density at radius 2 is 0.644 bits per heavy atom. The van der Waals surface area contributed by atoms with Crippen LogP contribution in [0, 0.1) is 0 Å². The summed E-state index contributed by atoms with van der Waals surface area (Å²) in [6, 6.07) is 3.32. The predicted octanol–water partition coefficient (Wildman–Crippen LogP) is 12.9. The Morgan fingerprint density at radius 1 is 0.444 bits per heavy atom. The van der Waals surface area contributed by atoms with Crippen molar-refractivity contribution in [2.45, 2.75) is 158 Å². The Bertz CT molecular complexity index is 810. The molecular formula is C38H74O5P2. The maximum atomic E-state index is 14.0. The van der Waals surface area contributed by atoms with Crippen LogP contribution in [0.25, 0.3) is 0 Å². The van der Waals surface area contributed by atoms with E-state index in [1.807, 2.05) is 0 Å². The molecule has 45 heavy (non-hydrogen) atoms. The van der Waals surface area contributed by atoms with E-state index in [1.54, 1.807) is 12.1 Å². The first-order valence-corrected chi connectivity index (χ1v) is 25.0. The molecule has 5 nitrogen and oxygen atoms in total. The summed E-state index contributed by atoms with van der Waals surface area (Å²) in [7, 11) is 0. The van der Waals surface area contributed by atoms with Crippen LogP contribution in [0.2, 0.25) is 0 Å². The van der Waals surface area contributed by atoms with Crippen molar-refractivity contribution in [3.8, 4) is 0 Å². The van der Waals surface area contributed by atoms with Gasteiger partial charge >= 0.3 is 280 Å². The third-order valence-electron chi connectivity index (χ3n) is 10.3. The molecule has 0 saturated carbocycles. The maximum absolute atomic E-state index is 14.0. The monoisotopic (exact) mass is 673 g/mol. The summed E-state index contributed by atoms with van der Waals surface area (Å²) >= 11 is 0. The van der Waals surface area contributed by atoms with Gasteiger partial charge in [0.1, 0.15) is 0 Å². The van der Waals surface area contributed by atoms with Gasteiger partial charge in [-0.1, -0.05) is 0 Å². The molecule has 0 spiro atoms. The van der Waals surface area contributed by atoms with Crippen molar-refractivity contribution in [3.05, 3.63) is 23.7 Å². The van der Waals surface area contributed by atoms with Crippen molar-refractivity contribution in [2.75, 3.05) is 49.3 Å². The van der Waals surface area contributed by atoms with E-state index < -0.39 is 13.7 Å². The first kappa shape index (κ1) is 42.1. The summed E-state index contributed by atoms with van der Waals surface area (Å²) in [6.45, 7) is 12.2. The van der Waals surface area contributed by atoms with Gasteiger partial charge in [-0.2, -0.15) is 0 Å². The molecule has 0 saturated heterocycles. The second kappa shape index (κ2) is 21.1. The van der Waals surface area contributed by atoms with Crippen LogP contribution in [-0.4, -0.2) is 61.2 Å². The Labute approximate surface area is 279 Å². The fraction of sp³-hybridized carbons (Fsp3) is 0.842. The van der Waals surface area contributed by atoms with Gasteiger partial charge < -0.3 is 0 Å². The van der Waals surface area contributed by atoms with Crippen LogP contribution in [0.15, 0.2) is 16.5 Å². The number of hydrogen-bond donors (Lipinski definition) is 0.